The molecule has 5 nitrogen and oxygen atoms in total. The number of aromatic nitrogens is 2. The Balaban J connectivity index is 1.89. The first-order valence-electron chi connectivity index (χ1n) is 5.34. The molecule has 17 heavy (non-hydrogen) atoms. The third-order valence-corrected chi connectivity index (χ3v) is 2.45. The standard InChI is InChI=1S/C12H14N4O/c13-10(9-4-2-1-3-5-9)6-15-12(17)11-7-14-8-16-11/h1-5,7-8,10H,6,13H2,(H,14,16)(H,15,17). The summed E-state index contributed by atoms with van der Waals surface area (Å²) >= 11 is 0. The van der Waals surface area contributed by atoms with Crippen molar-refractivity contribution in [2.24, 2.45) is 5.73 Å². The molecular weight excluding hydrogens is 216 g/mol. The Morgan fingerprint density at radius 3 is 2.82 bits per heavy atom. The van der Waals surface area contributed by atoms with Crippen LogP contribution in [0.5, 0.6) is 0 Å². The number of rotatable bonds is 4. The number of carbonyl (C=O) groups excluding carboxylic acids is 1. The number of hydrogen-bond acceptors (Lipinski definition) is 3. The highest BCUT2D eigenvalue weighted by molar-refractivity contribution is 5.91. The molecule has 1 aromatic carbocycles. The molecule has 0 aliphatic heterocycles. The normalized spacial score (nSPS) is 12.1. The van der Waals surface area contributed by atoms with Crippen LogP contribution in [0.3, 0.4) is 0 Å². The maximum absolute atomic E-state index is 11.6. The third kappa shape index (κ3) is 2.92. The van der Waals surface area contributed by atoms with Crippen LogP contribution in [0.2, 0.25) is 0 Å². The molecule has 0 bridgehead atoms. The number of benzene rings is 1. The number of carbonyl (C=O) groups is 1. The minimum absolute atomic E-state index is 0.200. The molecule has 0 aliphatic rings. The van der Waals surface area contributed by atoms with Crippen molar-refractivity contribution in [3.63, 3.8) is 0 Å². The summed E-state index contributed by atoms with van der Waals surface area (Å²) < 4.78 is 0. The summed E-state index contributed by atoms with van der Waals surface area (Å²) in [6, 6.07) is 9.44. The van der Waals surface area contributed by atoms with Crippen molar-refractivity contribution in [2.45, 2.75) is 6.04 Å². The lowest BCUT2D eigenvalue weighted by atomic mass is 10.1. The molecule has 1 aromatic heterocycles. The van der Waals surface area contributed by atoms with Gasteiger partial charge >= 0.3 is 0 Å². The Hall–Kier alpha value is -2.14. The number of H-pyrrole nitrogens is 1. The number of aromatic amines is 1. The van der Waals surface area contributed by atoms with Crippen LogP contribution in [0.15, 0.2) is 42.9 Å². The zero-order chi connectivity index (χ0) is 12.1. The molecule has 0 radical (unpaired) electrons. The number of nitrogens with zero attached hydrogens (tertiary/aromatic N) is 1. The van der Waals surface area contributed by atoms with E-state index in [9.17, 15) is 4.79 Å². The van der Waals surface area contributed by atoms with Crippen LogP contribution in [0.25, 0.3) is 0 Å². The van der Waals surface area contributed by atoms with E-state index in [-0.39, 0.29) is 11.9 Å². The molecule has 88 valence electrons. The third-order valence-electron chi connectivity index (χ3n) is 2.45. The van der Waals surface area contributed by atoms with Gasteiger partial charge in [0, 0.05) is 12.6 Å². The van der Waals surface area contributed by atoms with Gasteiger partial charge in [-0.15, -0.1) is 0 Å². The van der Waals surface area contributed by atoms with E-state index in [2.05, 4.69) is 15.3 Å². The zero-order valence-electron chi connectivity index (χ0n) is 9.26. The SMILES string of the molecule is NC(CNC(=O)c1cnc[nH]1)c1ccccc1. The fourth-order valence-corrected chi connectivity index (χ4v) is 1.50. The summed E-state index contributed by atoms with van der Waals surface area (Å²) in [6.45, 7) is 0.391. The molecule has 2 aromatic rings. The lowest BCUT2D eigenvalue weighted by molar-refractivity contribution is 0.0946. The molecule has 1 atom stereocenters. The van der Waals surface area contributed by atoms with Crippen molar-refractivity contribution < 1.29 is 4.79 Å². The highest BCUT2D eigenvalue weighted by atomic mass is 16.1. The summed E-state index contributed by atoms with van der Waals surface area (Å²) in [7, 11) is 0. The van der Waals surface area contributed by atoms with Gasteiger partial charge in [0.15, 0.2) is 0 Å². The molecule has 0 saturated carbocycles. The van der Waals surface area contributed by atoms with Crippen molar-refractivity contribution in [1.29, 1.82) is 0 Å². The van der Waals surface area contributed by atoms with Crippen LogP contribution >= 0.6 is 0 Å². The van der Waals surface area contributed by atoms with Crippen LogP contribution in [0.1, 0.15) is 22.1 Å². The van der Waals surface area contributed by atoms with E-state index in [0.717, 1.165) is 5.56 Å². The quantitative estimate of drug-likeness (QED) is 0.727. The van der Waals surface area contributed by atoms with Crippen molar-refractivity contribution in [2.75, 3.05) is 6.54 Å². The minimum atomic E-state index is -0.205. The smallest absolute Gasteiger partial charge is 0.269 e. The van der Waals surface area contributed by atoms with E-state index in [1.54, 1.807) is 0 Å². The molecule has 0 saturated heterocycles. The molecule has 1 amide bonds. The topological polar surface area (TPSA) is 83.8 Å². The number of hydrogen-bond donors (Lipinski definition) is 3. The largest absolute Gasteiger partial charge is 0.349 e. The average Bonchev–Trinajstić information content (AvgIpc) is 2.90. The van der Waals surface area contributed by atoms with Crippen molar-refractivity contribution in [3.05, 3.63) is 54.1 Å². The van der Waals surface area contributed by atoms with Crippen molar-refractivity contribution >= 4 is 5.91 Å². The predicted octanol–water partition coefficient (Wildman–Crippen LogP) is 0.839. The summed E-state index contributed by atoms with van der Waals surface area (Å²) in [6.07, 6.45) is 2.94. The average molecular weight is 230 g/mol. The fraction of sp³-hybridized carbons (Fsp3) is 0.167. The van der Waals surface area contributed by atoms with Crippen LogP contribution in [0, 0.1) is 0 Å². The van der Waals surface area contributed by atoms with Gasteiger partial charge in [0.25, 0.3) is 5.91 Å². The maximum Gasteiger partial charge on any atom is 0.269 e. The highest BCUT2D eigenvalue weighted by Gasteiger charge is 2.09. The van der Waals surface area contributed by atoms with Gasteiger partial charge < -0.3 is 16.0 Å². The first-order chi connectivity index (χ1) is 8.27. The predicted molar refractivity (Wildman–Crippen MR) is 64.3 cm³/mol. The van der Waals surface area contributed by atoms with Crippen LogP contribution < -0.4 is 11.1 Å². The van der Waals surface area contributed by atoms with Gasteiger partial charge in [-0.25, -0.2) is 4.98 Å². The Morgan fingerprint density at radius 2 is 2.18 bits per heavy atom. The van der Waals surface area contributed by atoms with Crippen molar-refractivity contribution in [1.82, 2.24) is 15.3 Å². The molecule has 0 fully saturated rings. The fourth-order valence-electron chi connectivity index (χ4n) is 1.50. The minimum Gasteiger partial charge on any atom is -0.349 e. The van der Waals surface area contributed by atoms with E-state index in [1.807, 2.05) is 30.3 Å². The molecule has 2 rings (SSSR count). The van der Waals surface area contributed by atoms with Gasteiger partial charge in [0.1, 0.15) is 5.69 Å². The second-order valence-corrected chi connectivity index (χ2v) is 3.69. The Labute approximate surface area is 99.1 Å². The molecule has 0 spiro atoms. The number of nitrogens with one attached hydrogen (secondary N) is 2. The first kappa shape index (κ1) is 11.3. The zero-order valence-corrected chi connectivity index (χ0v) is 9.26. The molecule has 5 heteroatoms. The van der Waals surface area contributed by atoms with Gasteiger partial charge in [-0.3, -0.25) is 4.79 Å². The summed E-state index contributed by atoms with van der Waals surface area (Å²) in [5.74, 6) is -0.200. The van der Waals surface area contributed by atoms with Crippen molar-refractivity contribution in [3.8, 4) is 0 Å². The van der Waals surface area contributed by atoms with Gasteiger partial charge in [-0.05, 0) is 5.56 Å². The van der Waals surface area contributed by atoms with Gasteiger partial charge in [-0.2, -0.15) is 0 Å². The summed E-state index contributed by atoms with van der Waals surface area (Å²) in [4.78, 5) is 18.1. The summed E-state index contributed by atoms with van der Waals surface area (Å²) in [5.41, 5.74) is 7.39. The van der Waals surface area contributed by atoms with E-state index < -0.39 is 0 Å². The van der Waals surface area contributed by atoms with Crippen LogP contribution in [-0.2, 0) is 0 Å². The van der Waals surface area contributed by atoms with E-state index in [0.29, 0.717) is 12.2 Å². The van der Waals surface area contributed by atoms with E-state index in [4.69, 9.17) is 5.73 Å². The van der Waals surface area contributed by atoms with Gasteiger partial charge in [0.2, 0.25) is 0 Å². The maximum atomic E-state index is 11.6. The lowest BCUT2D eigenvalue weighted by Gasteiger charge is -2.12. The highest BCUT2D eigenvalue weighted by Crippen LogP contribution is 2.07. The second-order valence-electron chi connectivity index (χ2n) is 3.69. The number of imidazole rings is 1. The van der Waals surface area contributed by atoms with Crippen LogP contribution in [-0.4, -0.2) is 22.4 Å². The van der Waals surface area contributed by atoms with Crippen LogP contribution in [0.4, 0.5) is 0 Å². The Morgan fingerprint density at radius 1 is 1.41 bits per heavy atom. The number of amides is 1. The monoisotopic (exact) mass is 230 g/mol. The molecule has 1 heterocycles. The molecular formula is C12H14N4O. The molecule has 4 N–H and O–H groups in total. The lowest BCUT2D eigenvalue weighted by Crippen LogP contribution is -2.32. The van der Waals surface area contributed by atoms with Gasteiger partial charge in [0.05, 0.1) is 12.5 Å². The van der Waals surface area contributed by atoms with E-state index >= 15 is 0 Å². The number of nitrogens with two attached hydrogens (primary N) is 1. The first-order valence-corrected chi connectivity index (χ1v) is 5.34. The molecule has 1 unspecified atom stereocenters. The Kier molecular flexibility index (Phi) is 3.52. The van der Waals surface area contributed by atoms with Gasteiger partial charge in [-0.1, -0.05) is 30.3 Å². The Bertz CT molecular complexity index is 467. The second kappa shape index (κ2) is 5.27. The molecule has 0 aliphatic carbocycles. The van der Waals surface area contributed by atoms with E-state index in [1.165, 1.54) is 12.5 Å². The summed E-state index contributed by atoms with van der Waals surface area (Å²) in [5, 5.41) is 2.75.